The third kappa shape index (κ3) is 1.62. The molecule has 104 valence electrons. The van der Waals surface area contributed by atoms with Crippen molar-refractivity contribution in [2.24, 2.45) is 0 Å². The largest absolute Gasteiger partial charge is 0.398 e. The van der Waals surface area contributed by atoms with Crippen LogP contribution >= 0.6 is 0 Å². The molecule has 4 rings (SSSR count). The van der Waals surface area contributed by atoms with Crippen LogP contribution in [-0.2, 0) is 12.8 Å². The van der Waals surface area contributed by atoms with E-state index >= 15 is 0 Å². The minimum Gasteiger partial charge on any atom is -0.398 e. The molecule has 1 heterocycles. The molecular formula is C17H14N2O2. The van der Waals surface area contributed by atoms with Gasteiger partial charge < -0.3 is 5.73 Å². The van der Waals surface area contributed by atoms with Crippen LogP contribution in [0, 0.1) is 0 Å². The molecule has 0 saturated heterocycles. The van der Waals surface area contributed by atoms with Gasteiger partial charge in [-0.05, 0) is 54.7 Å². The van der Waals surface area contributed by atoms with E-state index in [9.17, 15) is 9.59 Å². The van der Waals surface area contributed by atoms with E-state index in [0.29, 0.717) is 22.5 Å². The lowest BCUT2D eigenvalue weighted by Gasteiger charge is -2.15. The summed E-state index contributed by atoms with van der Waals surface area (Å²) in [6, 6.07) is 10.8. The Bertz CT molecular complexity index is 795. The smallest absolute Gasteiger partial charge is 0.268 e. The number of aryl methyl sites for hydroxylation is 2. The predicted molar refractivity (Wildman–Crippen MR) is 80.5 cm³/mol. The normalized spacial score (nSPS) is 16.3. The van der Waals surface area contributed by atoms with Gasteiger partial charge in [-0.1, -0.05) is 12.1 Å². The number of hydrogen-bond donors (Lipinski definition) is 1. The van der Waals surface area contributed by atoms with E-state index in [0.717, 1.165) is 19.3 Å². The average molecular weight is 278 g/mol. The number of fused-ring (bicyclic) bond motifs is 2. The van der Waals surface area contributed by atoms with Crippen molar-refractivity contribution in [3.8, 4) is 0 Å². The highest BCUT2D eigenvalue weighted by molar-refractivity contribution is 6.35. The first-order chi connectivity index (χ1) is 10.2. The Morgan fingerprint density at radius 2 is 1.76 bits per heavy atom. The Morgan fingerprint density at radius 1 is 0.952 bits per heavy atom. The van der Waals surface area contributed by atoms with E-state index in [2.05, 4.69) is 0 Å². The monoisotopic (exact) mass is 278 g/mol. The Labute approximate surface area is 122 Å². The summed E-state index contributed by atoms with van der Waals surface area (Å²) in [4.78, 5) is 26.3. The first kappa shape index (κ1) is 12.1. The molecule has 2 aromatic carbocycles. The van der Waals surface area contributed by atoms with Gasteiger partial charge >= 0.3 is 0 Å². The van der Waals surface area contributed by atoms with E-state index in [1.807, 2.05) is 18.2 Å². The topological polar surface area (TPSA) is 63.4 Å². The van der Waals surface area contributed by atoms with Crippen molar-refractivity contribution in [1.82, 2.24) is 0 Å². The fraction of sp³-hybridized carbons (Fsp3) is 0.176. The van der Waals surface area contributed by atoms with Crippen molar-refractivity contribution in [2.75, 3.05) is 10.6 Å². The third-order valence-electron chi connectivity index (χ3n) is 4.29. The molecule has 2 aromatic rings. The van der Waals surface area contributed by atoms with E-state index in [1.165, 1.54) is 16.0 Å². The molecule has 0 spiro atoms. The zero-order valence-electron chi connectivity index (χ0n) is 11.4. The van der Waals surface area contributed by atoms with Gasteiger partial charge in [0.25, 0.3) is 11.8 Å². The molecule has 4 nitrogen and oxygen atoms in total. The molecular weight excluding hydrogens is 264 g/mol. The molecule has 0 saturated carbocycles. The second-order valence-electron chi connectivity index (χ2n) is 5.52. The number of carbonyl (C=O) groups is 2. The molecule has 0 unspecified atom stereocenters. The maximum absolute atomic E-state index is 12.6. The second kappa shape index (κ2) is 4.19. The van der Waals surface area contributed by atoms with Crippen molar-refractivity contribution >= 4 is 23.2 Å². The van der Waals surface area contributed by atoms with Crippen LogP contribution < -0.4 is 10.6 Å². The quantitative estimate of drug-likeness (QED) is 0.644. The number of hydrogen-bond acceptors (Lipinski definition) is 3. The summed E-state index contributed by atoms with van der Waals surface area (Å²) in [6.07, 6.45) is 3.22. The summed E-state index contributed by atoms with van der Waals surface area (Å²) in [5.74, 6) is -0.619. The number of nitrogens with zero attached hydrogens (tertiary/aromatic N) is 1. The van der Waals surface area contributed by atoms with E-state index < -0.39 is 0 Å². The molecule has 1 aliphatic carbocycles. The predicted octanol–water partition coefficient (Wildman–Crippen LogP) is 2.56. The third-order valence-corrected chi connectivity index (χ3v) is 4.29. The van der Waals surface area contributed by atoms with E-state index in [-0.39, 0.29) is 11.8 Å². The van der Waals surface area contributed by atoms with Crippen molar-refractivity contribution in [2.45, 2.75) is 19.3 Å². The van der Waals surface area contributed by atoms with E-state index in [1.54, 1.807) is 18.2 Å². The summed E-state index contributed by atoms with van der Waals surface area (Å²) in [6.45, 7) is 0. The maximum atomic E-state index is 12.6. The number of amides is 2. The van der Waals surface area contributed by atoms with E-state index in [4.69, 9.17) is 5.73 Å². The van der Waals surface area contributed by atoms with Gasteiger partial charge in [0.1, 0.15) is 0 Å². The number of nitrogen functional groups attached to an aromatic ring is 1. The van der Waals surface area contributed by atoms with Crippen molar-refractivity contribution < 1.29 is 9.59 Å². The first-order valence-corrected chi connectivity index (χ1v) is 7.06. The molecule has 0 atom stereocenters. The molecule has 0 aromatic heterocycles. The average Bonchev–Trinajstić information content (AvgIpc) is 3.03. The number of nitrogens with two attached hydrogens (primary N) is 1. The van der Waals surface area contributed by atoms with Crippen LogP contribution in [0.5, 0.6) is 0 Å². The minimum atomic E-state index is -0.328. The van der Waals surface area contributed by atoms with Crippen LogP contribution in [0.1, 0.15) is 38.3 Å². The SMILES string of the molecule is Nc1cccc2c1C(=O)N(c1ccc3c(c1)CCC3)C2=O. The van der Waals surface area contributed by atoms with Gasteiger partial charge in [-0.25, -0.2) is 4.90 Å². The molecule has 2 amide bonds. The van der Waals surface area contributed by atoms with Crippen LogP contribution in [-0.4, -0.2) is 11.8 Å². The Balaban J connectivity index is 1.83. The highest BCUT2D eigenvalue weighted by Crippen LogP contribution is 2.34. The van der Waals surface area contributed by atoms with Crippen molar-refractivity contribution in [3.05, 3.63) is 58.7 Å². The van der Waals surface area contributed by atoms with Crippen LogP contribution in [0.3, 0.4) is 0 Å². The van der Waals surface area contributed by atoms with Gasteiger partial charge in [0, 0.05) is 5.69 Å². The number of rotatable bonds is 1. The summed E-state index contributed by atoms with van der Waals surface area (Å²) >= 11 is 0. The van der Waals surface area contributed by atoms with Crippen LogP contribution in [0.25, 0.3) is 0 Å². The molecule has 21 heavy (non-hydrogen) atoms. The minimum absolute atomic E-state index is 0.291. The Hall–Kier alpha value is -2.62. The summed E-state index contributed by atoms with van der Waals surface area (Å²) < 4.78 is 0. The highest BCUT2D eigenvalue weighted by atomic mass is 16.2. The van der Waals surface area contributed by atoms with Crippen LogP contribution in [0.4, 0.5) is 11.4 Å². The zero-order valence-corrected chi connectivity index (χ0v) is 11.4. The maximum Gasteiger partial charge on any atom is 0.268 e. The number of imide groups is 1. The number of benzene rings is 2. The standard InChI is InChI=1S/C17H14N2O2/c18-14-6-2-5-13-15(14)17(21)19(16(13)20)12-8-7-10-3-1-4-11(10)9-12/h2,5-9H,1,3-4,18H2. The van der Waals surface area contributed by atoms with Crippen LogP contribution in [0.15, 0.2) is 36.4 Å². The Kier molecular flexibility index (Phi) is 2.42. The molecule has 0 bridgehead atoms. The van der Waals surface area contributed by atoms with Crippen molar-refractivity contribution in [1.29, 1.82) is 0 Å². The van der Waals surface area contributed by atoms with Crippen LogP contribution in [0.2, 0.25) is 0 Å². The molecule has 2 aliphatic rings. The van der Waals surface area contributed by atoms with Gasteiger partial charge in [-0.3, -0.25) is 9.59 Å². The lowest BCUT2D eigenvalue weighted by Crippen LogP contribution is -2.29. The summed E-state index contributed by atoms with van der Waals surface area (Å²) in [5.41, 5.74) is 10.1. The molecule has 1 aliphatic heterocycles. The number of carbonyl (C=O) groups excluding carboxylic acids is 2. The molecule has 4 heteroatoms. The lowest BCUT2D eigenvalue weighted by molar-refractivity contribution is 0.0926. The van der Waals surface area contributed by atoms with Gasteiger partial charge in [0.15, 0.2) is 0 Å². The summed E-state index contributed by atoms with van der Waals surface area (Å²) in [7, 11) is 0. The molecule has 0 radical (unpaired) electrons. The fourth-order valence-corrected chi connectivity index (χ4v) is 3.24. The molecule has 0 fully saturated rings. The summed E-state index contributed by atoms with van der Waals surface area (Å²) in [5, 5.41) is 0. The van der Waals surface area contributed by atoms with Gasteiger partial charge in [0.2, 0.25) is 0 Å². The van der Waals surface area contributed by atoms with Gasteiger partial charge in [-0.15, -0.1) is 0 Å². The highest BCUT2D eigenvalue weighted by Gasteiger charge is 2.38. The van der Waals surface area contributed by atoms with Crippen molar-refractivity contribution in [3.63, 3.8) is 0 Å². The van der Waals surface area contributed by atoms with Gasteiger partial charge in [0.05, 0.1) is 16.8 Å². The van der Waals surface area contributed by atoms with Gasteiger partial charge in [-0.2, -0.15) is 0 Å². The zero-order chi connectivity index (χ0) is 14.6. The second-order valence-corrected chi connectivity index (χ2v) is 5.52. The number of anilines is 2. The first-order valence-electron chi connectivity index (χ1n) is 7.06. The Morgan fingerprint density at radius 3 is 2.57 bits per heavy atom. The fourth-order valence-electron chi connectivity index (χ4n) is 3.24. The lowest BCUT2D eigenvalue weighted by atomic mass is 10.1. The molecule has 2 N–H and O–H groups in total.